The van der Waals surface area contributed by atoms with Gasteiger partial charge in [0.15, 0.2) is 0 Å². The molecule has 3 nitrogen and oxygen atoms in total. The van der Waals surface area contributed by atoms with E-state index in [1.165, 1.54) is 0 Å². The van der Waals surface area contributed by atoms with Gasteiger partial charge < -0.3 is 9.80 Å². The van der Waals surface area contributed by atoms with Crippen LogP contribution in [0.2, 0.25) is 0 Å². The molecule has 0 atom stereocenters. The Balaban J connectivity index is 0. The Morgan fingerprint density at radius 2 is 1.29 bits per heavy atom. The largest absolute Gasteiger partial charge is 0.471 e. The number of alkyl halides is 3. The molecule has 0 bridgehead atoms. The Morgan fingerprint density at radius 1 is 0.941 bits per heavy atom. The summed E-state index contributed by atoms with van der Waals surface area (Å²) < 4.78 is 35.8. The van der Waals surface area contributed by atoms with Crippen LogP contribution < -0.4 is 0 Å². The minimum atomic E-state index is -4.73. The number of carbonyl (C=O) groups excluding carboxylic acids is 1. The highest BCUT2D eigenvalue weighted by molar-refractivity contribution is 5.81. The van der Waals surface area contributed by atoms with Gasteiger partial charge in [0.2, 0.25) is 0 Å². The van der Waals surface area contributed by atoms with Crippen LogP contribution in [0.3, 0.4) is 0 Å². The molecule has 1 rings (SSSR count). The summed E-state index contributed by atoms with van der Waals surface area (Å²) in [5, 5.41) is 0. The van der Waals surface area contributed by atoms with Crippen molar-refractivity contribution < 1.29 is 18.0 Å². The van der Waals surface area contributed by atoms with Gasteiger partial charge in [-0.25, -0.2) is 0 Å². The molecular formula is C11H23F3N2O. The second kappa shape index (κ2) is 9.27. The van der Waals surface area contributed by atoms with Crippen LogP contribution in [-0.2, 0) is 4.79 Å². The Hall–Kier alpha value is -0.780. The fourth-order valence-corrected chi connectivity index (χ4v) is 1.19. The molecule has 17 heavy (non-hydrogen) atoms. The second-order valence-electron chi connectivity index (χ2n) is 3.09. The third-order valence-electron chi connectivity index (χ3n) is 2.03. The molecule has 0 radical (unpaired) electrons. The first-order chi connectivity index (χ1) is 7.91. The van der Waals surface area contributed by atoms with Crippen LogP contribution in [0, 0.1) is 0 Å². The average molecular weight is 256 g/mol. The smallest absolute Gasteiger partial charge is 0.332 e. The summed E-state index contributed by atoms with van der Waals surface area (Å²) in [4.78, 5) is 13.4. The summed E-state index contributed by atoms with van der Waals surface area (Å²) in [7, 11) is 1.81. The molecule has 0 N–H and O–H groups in total. The van der Waals surface area contributed by atoms with Crippen molar-refractivity contribution in [3.63, 3.8) is 0 Å². The molecule has 1 heterocycles. The summed E-state index contributed by atoms with van der Waals surface area (Å²) >= 11 is 0. The van der Waals surface area contributed by atoms with E-state index in [-0.39, 0.29) is 13.1 Å². The van der Waals surface area contributed by atoms with Crippen LogP contribution in [0.5, 0.6) is 0 Å². The lowest BCUT2D eigenvalue weighted by Gasteiger charge is -2.32. The maximum Gasteiger partial charge on any atom is 0.471 e. The standard InChI is InChI=1S/C7H11F3N2O.2C2H6/c1-11-2-4-12(5-3-11)6(13)7(8,9)10;2*1-2/h2-5H2,1H3;2*1-2H3. The summed E-state index contributed by atoms with van der Waals surface area (Å²) in [6, 6.07) is 0. The monoisotopic (exact) mass is 256 g/mol. The van der Waals surface area contributed by atoms with Gasteiger partial charge in [-0.3, -0.25) is 4.79 Å². The van der Waals surface area contributed by atoms with Crippen molar-refractivity contribution in [1.29, 1.82) is 0 Å². The van der Waals surface area contributed by atoms with Crippen molar-refractivity contribution in [1.82, 2.24) is 9.80 Å². The third-order valence-corrected chi connectivity index (χ3v) is 2.03. The minimum Gasteiger partial charge on any atom is -0.332 e. The summed E-state index contributed by atoms with van der Waals surface area (Å²) in [5.74, 6) is -1.72. The lowest BCUT2D eigenvalue weighted by atomic mass is 10.3. The van der Waals surface area contributed by atoms with Crippen molar-refractivity contribution in [3.8, 4) is 0 Å². The van der Waals surface area contributed by atoms with E-state index in [1.807, 2.05) is 39.6 Å². The molecule has 0 aromatic heterocycles. The van der Waals surface area contributed by atoms with Gasteiger partial charge in [0.05, 0.1) is 0 Å². The van der Waals surface area contributed by atoms with E-state index in [0.717, 1.165) is 4.90 Å². The normalized spacial score (nSPS) is 16.4. The van der Waals surface area contributed by atoms with Gasteiger partial charge in [-0.15, -0.1) is 0 Å². The molecule has 1 aliphatic rings. The summed E-state index contributed by atoms with van der Waals surface area (Å²) in [6.45, 7) is 9.33. The summed E-state index contributed by atoms with van der Waals surface area (Å²) in [6.07, 6.45) is -4.73. The highest BCUT2D eigenvalue weighted by Crippen LogP contribution is 2.19. The van der Waals surface area contributed by atoms with Gasteiger partial charge in [0.25, 0.3) is 0 Å². The number of carbonyl (C=O) groups is 1. The van der Waals surface area contributed by atoms with Crippen molar-refractivity contribution in [2.24, 2.45) is 0 Å². The fourth-order valence-electron chi connectivity index (χ4n) is 1.19. The SMILES string of the molecule is CC.CC.CN1CCN(C(=O)C(F)(F)F)CC1. The number of rotatable bonds is 0. The Morgan fingerprint density at radius 3 is 1.59 bits per heavy atom. The molecule has 1 fully saturated rings. The first kappa shape index (κ1) is 18.6. The van der Waals surface area contributed by atoms with Gasteiger partial charge >= 0.3 is 12.1 Å². The first-order valence-corrected chi connectivity index (χ1v) is 5.96. The Kier molecular flexibility index (Phi) is 10.1. The number of likely N-dealkylation sites (N-methyl/N-ethyl adjacent to an activating group) is 1. The van der Waals surface area contributed by atoms with Crippen molar-refractivity contribution in [2.75, 3.05) is 33.2 Å². The Bertz CT molecular complexity index is 199. The van der Waals surface area contributed by atoms with Crippen LogP contribution in [0.25, 0.3) is 0 Å². The number of piperazine rings is 1. The Labute approximate surface area is 102 Å². The van der Waals surface area contributed by atoms with E-state index >= 15 is 0 Å². The number of nitrogens with zero attached hydrogens (tertiary/aromatic N) is 2. The topological polar surface area (TPSA) is 23.6 Å². The molecule has 1 amide bonds. The second-order valence-corrected chi connectivity index (χ2v) is 3.09. The molecule has 104 valence electrons. The molecule has 0 aliphatic carbocycles. The molecule has 0 unspecified atom stereocenters. The third kappa shape index (κ3) is 7.20. The zero-order valence-corrected chi connectivity index (χ0v) is 11.3. The van der Waals surface area contributed by atoms with E-state index in [9.17, 15) is 18.0 Å². The average Bonchev–Trinajstić information content (AvgIpc) is 2.33. The number of hydrogen-bond acceptors (Lipinski definition) is 2. The highest BCUT2D eigenvalue weighted by Gasteiger charge is 2.42. The van der Waals surface area contributed by atoms with Crippen LogP contribution >= 0.6 is 0 Å². The maximum atomic E-state index is 11.9. The quantitative estimate of drug-likeness (QED) is 0.664. The van der Waals surface area contributed by atoms with Gasteiger partial charge in [-0.05, 0) is 7.05 Å². The van der Waals surface area contributed by atoms with Crippen molar-refractivity contribution >= 4 is 5.91 Å². The van der Waals surface area contributed by atoms with Crippen LogP contribution in [0.1, 0.15) is 27.7 Å². The lowest BCUT2D eigenvalue weighted by Crippen LogP contribution is -2.51. The molecule has 0 aromatic rings. The van der Waals surface area contributed by atoms with Crippen molar-refractivity contribution in [2.45, 2.75) is 33.9 Å². The number of halogens is 3. The van der Waals surface area contributed by atoms with Gasteiger partial charge in [0.1, 0.15) is 0 Å². The summed E-state index contributed by atoms with van der Waals surface area (Å²) in [5.41, 5.74) is 0. The molecule has 6 heteroatoms. The maximum absolute atomic E-state index is 11.9. The van der Waals surface area contributed by atoms with E-state index in [1.54, 1.807) is 0 Å². The highest BCUT2D eigenvalue weighted by atomic mass is 19.4. The molecule has 0 spiro atoms. The zero-order chi connectivity index (χ0) is 14.1. The number of amides is 1. The van der Waals surface area contributed by atoms with Crippen LogP contribution in [0.4, 0.5) is 13.2 Å². The molecular weight excluding hydrogens is 233 g/mol. The van der Waals surface area contributed by atoms with E-state index in [4.69, 9.17) is 0 Å². The predicted molar refractivity (Wildman–Crippen MR) is 62.8 cm³/mol. The van der Waals surface area contributed by atoms with Gasteiger partial charge in [-0.2, -0.15) is 13.2 Å². The lowest BCUT2D eigenvalue weighted by molar-refractivity contribution is -0.186. The predicted octanol–water partition coefficient (Wildman–Crippen LogP) is 2.38. The van der Waals surface area contributed by atoms with E-state index < -0.39 is 12.1 Å². The molecule has 1 aliphatic heterocycles. The number of hydrogen-bond donors (Lipinski definition) is 0. The van der Waals surface area contributed by atoms with Crippen LogP contribution in [0.15, 0.2) is 0 Å². The van der Waals surface area contributed by atoms with Gasteiger partial charge in [0, 0.05) is 26.2 Å². The van der Waals surface area contributed by atoms with Gasteiger partial charge in [-0.1, -0.05) is 27.7 Å². The molecule has 0 aromatic carbocycles. The fraction of sp³-hybridized carbons (Fsp3) is 0.909. The van der Waals surface area contributed by atoms with E-state index in [2.05, 4.69) is 0 Å². The first-order valence-electron chi connectivity index (χ1n) is 5.96. The molecule has 0 saturated carbocycles. The zero-order valence-electron chi connectivity index (χ0n) is 11.3. The van der Waals surface area contributed by atoms with Crippen LogP contribution in [-0.4, -0.2) is 55.1 Å². The molecule has 1 saturated heterocycles. The van der Waals surface area contributed by atoms with E-state index in [0.29, 0.717) is 13.1 Å². The minimum absolute atomic E-state index is 0.162. The van der Waals surface area contributed by atoms with Crippen molar-refractivity contribution in [3.05, 3.63) is 0 Å².